The normalized spacial score (nSPS) is 19.3. The summed E-state index contributed by atoms with van der Waals surface area (Å²) < 4.78 is 26.2. The van der Waals surface area contributed by atoms with E-state index in [0.717, 1.165) is 38.2 Å². The Bertz CT molecular complexity index is 403. The average molecular weight is 268 g/mol. The van der Waals surface area contributed by atoms with Crippen LogP contribution in [0.25, 0.3) is 0 Å². The zero-order chi connectivity index (χ0) is 13.7. The second kappa shape index (κ2) is 6.96. The molecule has 1 aromatic rings. The molecule has 0 amide bonds. The summed E-state index contributed by atoms with van der Waals surface area (Å²) in [6.45, 7) is 4.10. The van der Waals surface area contributed by atoms with E-state index in [1.807, 2.05) is 0 Å². The van der Waals surface area contributed by atoms with Crippen LogP contribution in [0.3, 0.4) is 0 Å². The Morgan fingerprint density at radius 3 is 2.84 bits per heavy atom. The van der Waals surface area contributed by atoms with Crippen LogP contribution in [0.4, 0.5) is 8.78 Å². The molecule has 0 saturated carbocycles. The van der Waals surface area contributed by atoms with Crippen LogP contribution >= 0.6 is 0 Å². The van der Waals surface area contributed by atoms with E-state index in [1.165, 1.54) is 18.9 Å². The molecule has 2 rings (SSSR count). The van der Waals surface area contributed by atoms with E-state index in [0.29, 0.717) is 12.0 Å². The first-order valence-corrected chi connectivity index (χ1v) is 6.98. The van der Waals surface area contributed by atoms with Crippen LogP contribution in [0.5, 0.6) is 0 Å². The molecule has 0 spiro atoms. The molecule has 1 unspecified atom stereocenters. The summed E-state index contributed by atoms with van der Waals surface area (Å²) in [5.41, 5.74) is 0.593. The molecule has 1 aliphatic heterocycles. The van der Waals surface area contributed by atoms with Gasteiger partial charge in [-0.25, -0.2) is 8.78 Å². The number of rotatable bonds is 6. The molecule has 0 aliphatic carbocycles. The van der Waals surface area contributed by atoms with Gasteiger partial charge in [0.25, 0.3) is 0 Å². The van der Waals surface area contributed by atoms with Gasteiger partial charge in [0.15, 0.2) is 0 Å². The lowest BCUT2D eigenvalue weighted by atomic mass is 10.0. The Morgan fingerprint density at radius 1 is 1.32 bits per heavy atom. The monoisotopic (exact) mass is 268 g/mol. The Morgan fingerprint density at radius 2 is 2.16 bits per heavy atom. The van der Waals surface area contributed by atoms with Crippen molar-refractivity contribution in [2.45, 2.75) is 19.3 Å². The topological polar surface area (TPSA) is 15.3 Å². The van der Waals surface area contributed by atoms with Crippen molar-refractivity contribution in [2.75, 3.05) is 33.2 Å². The number of halogens is 2. The lowest BCUT2D eigenvalue weighted by Gasteiger charge is -2.18. The molecule has 106 valence electrons. The van der Waals surface area contributed by atoms with E-state index in [1.54, 1.807) is 6.07 Å². The number of nitrogens with one attached hydrogen (secondary N) is 1. The minimum Gasteiger partial charge on any atom is -0.316 e. The zero-order valence-corrected chi connectivity index (χ0v) is 11.5. The molecular weight excluding hydrogens is 246 g/mol. The quantitative estimate of drug-likeness (QED) is 0.852. The Labute approximate surface area is 113 Å². The number of likely N-dealkylation sites (N-methyl/N-ethyl adjacent to an activating group) is 1. The SMILES string of the molecule is CN(CCc1ccc(F)cc1F)CCC1CCNC1. The van der Waals surface area contributed by atoms with Gasteiger partial charge in [0.1, 0.15) is 11.6 Å². The number of nitrogens with zero attached hydrogens (tertiary/aromatic N) is 1. The van der Waals surface area contributed by atoms with Gasteiger partial charge in [0.2, 0.25) is 0 Å². The van der Waals surface area contributed by atoms with Gasteiger partial charge in [-0.05, 0) is 63.5 Å². The van der Waals surface area contributed by atoms with Crippen molar-refractivity contribution in [3.05, 3.63) is 35.4 Å². The molecule has 1 saturated heterocycles. The summed E-state index contributed by atoms with van der Waals surface area (Å²) in [5, 5.41) is 3.36. The second-order valence-corrected chi connectivity index (χ2v) is 5.44. The minimum absolute atomic E-state index is 0.437. The first-order valence-electron chi connectivity index (χ1n) is 6.98. The molecule has 19 heavy (non-hydrogen) atoms. The average Bonchev–Trinajstić information content (AvgIpc) is 2.88. The Hall–Kier alpha value is -1.00. The molecule has 1 atom stereocenters. The predicted octanol–water partition coefficient (Wildman–Crippen LogP) is 2.44. The van der Waals surface area contributed by atoms with Crippen LogP contribution in [0.1, 0.15) is 18.4 Å². The summed E-state index contributed by atoms with van der Waals surface area (Å²) in [6.07, 6.45) is 3.08. The van der Waals surface area contributed by atoms with E-state index in [4.69, 9.17) is 0 Å². The second-order valence-electron chi connectivity index (χ2n) is 5.44. The lowest BCUT2D eigenvalue weighted by Crippen LogP contribution is -2.25. The van der Waals surface area contributed by atoms with Crippen molar-refractivity contribution in [3.8, 4) is 0 Å². The largest absolute Gasteiger partial charge is 0.316 e. The smallest absolute Gasteiger partial charge is 0.129 e. The predicted molar refractivity (Wildman–Crippen MR) is 73.2 cm³/mol. The molecular formula is C15H22F2N2. The van der Waals surface area contributed by atoms with Gasteiger partial charge in [-0.1, -0.05) is 6.07 Å². The van der Waals surface area contributed by atoms with Gasteiger partial charge in [0.05, 0.1) is 0 Å². The Balaban J connectivity index is 1.71. The fourth-order valence-electron chi connectivity index (χ4n) is 2.51. The van der Waals surface area contributed by atoms with E-state index in [9.17, 15) is 8.78 Å². The molecule has 2 nitrogen and oxygen atoms in total. The fraction of sp³-hybridized carbons (Fsp3) is 0.600. The Kier molecular flexibility index (Phi) is 5.28. The van der Waals surface area contributed by atoms with Crippen LogP contribution in [0.15, 0.2) is 18.2 Å². The third kappa shape index (κ3) is 4.55. The third-order valence-electron chi connectivity index (χ3n) is 3.86. The minimum atomic E-state index is -0.511. The highest BCUT2D eigenvalue weighted by molar-refractivity contribution is 5.18. The summed E-state index contributed by atoms with van der Waals surface area (Å²) >= 11 is 0. The molecule has 1 aromatic carbocycles. The van der Waals surface area contributed by atoms with E-state index < -0.39 is 11.6 Å². The lowest BCUT2D eigenvalue weighted by molar-refractivity contribution is 0.307. The van der Waals surface area contributed by atoms with Crippen molar-refractivity contribution < 1.29 is 8.78 Å². The highest BCUT2D eigenvalue weighted by Gasteiger charge is 2.14. The number of hydrogen-bond donors (Lipinski definition) is 1. The summed E-state index contributed by atoms with van der Waals surface area (Å²) in [6, 6.07) is 3.82. The van der Waals surface area contributed by atoms with Crippen LogP contribution < -0.4 is 5.32 Å². The molecule has 1 N–H and O–H groups in total. The molecule has 4 heteroatoms. The first-order chi connectivity index (χ1) is 9.15. The van der Waals surface area contributed by atoms with E-state index in [2.05, 4.69) is 17.3 Å². The molecule has 1 aliphatic rings. The van der Waals surface area contributed by atoms with Gasteiger partial charge < -0.3 is 10.2 Å². The van der Waals surface area contributed by atoms with Crippen molar-refractivity contribution in [3.63, 3.8) is 0 Å². The highest BCUT2D eigenvalue weighted by atomic mass is 19.1. The van der Waals surface area contributed by atoms with Crippen molar-refractivity contribution in [1.29, 1.82) is 0 Å². The summed E-state index contributed by atoms with van der Waals surface area (Å²) in [5.74, 6) is -0.165. The van der Waals surface area contributed by atoms with E-state index >= 15 is 0 Å². The van der Waals surface area contributed by atoms with Crippen molar-refractivity contribution in [1.82, 2.24) is 10.2 Å². The fourth-order valence-corrected chi connectivity index (χ4v) is 2.51. The molecule has 1 heterocycles. The maximum Gasteiger partial charge on any atom is 0.129 e. The van der Waals surface area contributed by atoms with E-state index in [-0.39, 0.29) is 0 Å². The van der Waals surface area contributed by atoms with Gasteiger partial charge in [-0.2, -0.15) is 0 Å². The van der Waals surface area contributed by atoms with Gasteiger partial charge in [-0.3, -0.25) is 0 Å². The van der Waals surface area contributed by atoms with Crippen LogP contribution in [-0.4, -0.2) is 38.1 Å². The molecule has 0 radical (unpaired) electrons. The maximum atomic E-state index is 13.5. The van der Waals surface area contributed by atoms with Gasteiger partial charge >= 0.3 is 0 Å². The van der Waals surface area contributed by atoms with Crippen molar-refractivity contribution in [2.24, 2.45) is 5.92 Å². The van der Waals surface area contributed by atoms with Crippen molar-refractivity contribution >= 4 is 0 Å². The maximum absolute atomic E-state index is 13.5. The zero-order valence-electron chi connectivity index (χ0n) is 11.5. The first kappa shape index (κ1) is 14.4. The van der Waals surface area contributed by atoms with Gasteiger partial charge in [0, 0.05) is 12.6 Å². The highest BCUT2D eigenvalue weighted by Crippen LogP contribution is 2.13. The molecule has 0 bridgehead atoms. The third-order valence-corrected chi connectivity index (χ3v) is 3.86. The molecule has 0 aromatic heterocycles. The number of hydrogen-bond acceptors (Lipinski definition) is 2. The standard InChI is InChI=1S/C15H22F2N2/c1-19(8-5-12-4-7-18-11-12)9-6-13-2-3-14(16)10-15(13)17/h2-3,10,12,18H,4-9,11H2,1H3. The summed E-state index contributed by atoms with van der Waals surface area (Å²) in [4.78, 5) is 2.22. The number of benzene rings is 1. The summed E-state index contributed by atoms with van der Waals surface area (Å²) in [7, 11) is 2.06. The molecule has 1 fully saturated rings. The van der Waals surface area contributed by atoms with Gasteiger partial charge in [-0.15, -0.1) is 0 Å². The van der Waals surface area contributed by atoms with Crippen LogP contribution in [0.2, 0.25) is 0 Å². The van der Waals surface area contributed by atoms with Crippen LogP contribution in [-0.2, 0) is 6.42 Å². The van der Waals surface area contributed by atoms with Crippen LogP contribution in [0, 0.1) is 17.6 Å².